The lowest BCUT2D eigenvalue weighted by Gasteiger charge is -2.42. The van der Waals surface area contributed by atoms with Gasteiger partial charge in [-0.3, -0.25) is 14.4 Å². The van der Waals surface area contributed by atoms with E-state index < -0.39 is 5.97 Å². The van der Waals surface area contributed by atoms with Gasteiger partial charge in [0.2, 0.25) is 5.91 Å². The molecule has 0 aromatic carbocycles. The van der Waals surface area contributed by atoms with Crippen molar-refractivity contribution in [1.82, 2.24) is 15.8 Å². The van der Waals surface area contributed by atoms with Crippen molar-refractivity contribution < 1.29 is 23.9 Å². The van der Waals surface area contributed by atoms with E-state index in [0.717, 1.165) is 45.1 Å². The van der Waals surface area contributed by atoms with Gasteiger partial charge >= 0.3 is 11.9 Å². The van der Waals surface area contributed by atoms with Gasteiger partial charge < -0.3 is 25.4 Å². The highest BCUT2D eigenvalue weighted by molar-refractivity contribution is 5.82. The van der Waals surface area contributed by atoms with Gasteiger partial charge in [-0.05, 0) is 56.4 Å². The number of nitrogens with two attached hydrogens (primary N) is 2. The summed E-state index contributed by atoms with van der Waals surface area (Å²) in [5, 5.41) is 7.13. The molecule has 1 saturated heterocycles. The van der Waals surface area contributed by atoms with Crippen LogP contribution >= 0.6 is 0 Å². The standard InChI is InChI=1S/C22H40N6O5/c1-3-9-28(14-21(30)32-2)20(29)8-10-33-22(31)18-12-17-11-15(4-6-16(17)13-25-18)5-7-19(23)26-27-24/h15-18,25,27H,3-14,24H2,1-2H3,(H2,23,26). The van der Waals surface area contributed by atoms with Gasteiger partial charge in [-0.2, -0.15) is 5.10 Å². The molecule has 11 nitrogen and oxygen atoms in total. The van der Waals surface area contributed by atoms with E-state index >= 15 is 0 Å². The summed E-state index contributed by atoms with van der Waals surface area (Å²) in [5.41, 5.74) is 8.04. The van der Waals surface area contributed by atoms with Gasteiger partial charge in [-0.15, -0.1) is 0 Å². The van der Waals surface area contributed by atoms with Gasteiger partial charge in [0.1, 0.15) is 25.0 Å². The number of fused-ring (bicyclic) bond motifs is 1. The molecule has 2 rings (SSSR count). The molecule has 0 bridgehead atoms. The first-order valence-corrected chi connectivity index (χ1v) is 11.9. The maximum absolute atomic E-state index is 12.6. The molecule has 4 unspecified atom stereocenters. The van der Waals surface area contributed by atoms with Gasteiger partial charge in [0.05, 0.1) is 13.5 Å². The summed E-state index contributed by atoms with van der Waals surface area (Å²) in [6.45, 7) is 3.10. The predicted octanol–water partition coefficient (Wildman–Crippen LogP) is 0.241. The van der Waals surface area contributed by atoms with E-state index in [-0.39, 0.29) is 37.5 Å². The predicted molar refractivity (Wildman–Crippen MR) is 123 cm³/mol. The van der Waals surface area contributed by atoms with Gasteiger partial charge in [0, 0.05) is 13.0 Å². The lowest BCUT2D eigenvalue weighted by molar-refractivity contribution is -0.151. The lowest BCUT2D eigenvalue weighted by Crippen LogP contribution is -2.50. The van der Waals surface area contributed by atoms with Gasteiger partial charge in [-0.1, -0.05) is 13.3 Å². The second-order valence-corrected chi connectivity index (χ2v) is 8.98. The van der Waals surface area contributed by atoms with Crippen LogP contribution in [-0.2, 0) is 23.9 Å². The molecular weight excluding hydrogens is 428 g/mol. The average molecular weight is 469 g/mol. The molecule has 2 aliphatic rings. The van der Waals surface area contributed by atoms with Crippen molar-refractivity contribution in [2.45, 2.75) is 64.3 Å². The third kappa shape index (κ3) is 8.81. The molecule has 1 aliphatic heterocycles. The molecule has 2 fully saturated rings. The third-order valence-corrected chi connectivity index (χ3v) is 6.67. The molecule has 11 heteroatoms. The number of nitrogens with one attached hydrogen (secondary N) is 2. The minimum Gasteiger partial charge on any atom is -0.468 e. The fourth-order valence-electron chi connectivity index (χ4n) is 4.87. The van der Waals surface area contributed by atoms with E-state index in [2.05, 4.69) is 20.7 Å². The molecule has 33 heavy (non-hydrogen) atoms. The molecule has 1 amide bonds. The molecule has 1 aliphatic carbocycles. The quantitative estimate of drug-likeness (QED) is 0.103. The number of hydrogen-bond acceptors (Lipinski definition) is 9. The number of amidine groups is 1. The van der Waals surface area contributed by atoms with Crippen LogP contribution in [0.3, 0.4) is 0 Å². The lowest BCUT2D eigenvalue weighted by atomic mass is 9.69. The van der Waals surface area contributed by atoms with Crippen molar-refractivity contribution in [2.24, 2.45) is 34.4 Å². The molecule has 4 atom stereocenters. The Bertz CT molecular complexity index is 688. The highest BCUT2D eigenvalue weighted by Gasteiger charge is 2.38. The van der Waals surface area contributed by atoms with E-state index in [4.69, 9.17) is 16.3 Å². The monoisotopic (exact) mass is 468 g/mol. The second kappa shape index (κ2) is 14.0. The number of carbonyl (C=O) groups is 3. The van der Waals surface area contributed by atoms with Crippen LogP contribution in [0.1, 0.15) is 58.3 Å². The van der Waals surface area contributed by atoms with Gasteiger partial charge in [0.25, 0.3) is 0 Å². The normalized spacial score (nSPS) is 25.0. The van der Waals surface area contributed by atoms with Crippen molar-refractivity contribution in [1.29, 1.82) is 0 Å². The average Bonchev–Trinajstić information content (AvgIpc) is 2.81. The molecule has 188 valence electrons. The molecule has 0 aromatic heterocycles. The number of piperidine rings is 1. The van der Waals surface area contributed by atoms with Gasteiger partial charge in [-0.25, -0.2) is 11.4 Å². The van der Waals surface area contributed by atoms with E-state index in [1.54, 1.807) is 0 Å². The molecule has 1 heterocycles. The number of hydrazone groups is 1. The second-order valence-electron chi connectivity index (χ2n) is 8.98. The van der Waals surface area contributed by atoms with E-state index in [9.17, 15) is 14.4 Å². The number of methoxy groups -OCH3 is 1. The minimum atomic E-state index is -0.466. The Balaban J connectivity index is 1.76. The van der Waals surface area contributed by atoms with Crippen LogP contribution in [0.4, 0.5) is 0 Å². The van der Waals surface area contributed by atoms with Crippen molar-refractivity contribution in [3.05, 3.63) is 0 Å². The SMILES string of the molecule is CCCN(CC(=O)OC)C(=O)CCOC(=O)C1CC2CC(CC/C(N)=N/NN)CCC2CN1. The number of hydrogen-bond donors (Lipinski definition) is 4. The summed E-state index contributed by atoms with van der Waals surface area (Å²) in [7, 11) is 1.29. The van der Waals surface area contributed by atoms with Crippen LogP contribution in [0, 0.1) is 17.8 Å². The number of hydrazine groups is 1. The number of ether oxygens (including phenoxy) is 2. The fourth-order valence-corrected chi connectivity index (χ4v) is 4.87. The Morgan fingerprint density at radius 2 is 1.97 bits per heavy atom. The number of nitrogens with zero attached hydrogens (tertiary/aromatic N) is 2. The molecule has 1 saturated carbocycles. The Morgan fingerprint density at radius 1 is 1.18 bits per heavy atom. The van der Waals surface area contributed by atoms with Gasteiger partial charge in [0.15, 0.2) is 0 Å². The third-order valence-electron chi connectivity index (χ3n) is 6.67. The van der Waals surface area contributed by atoms with Crippen LogP contribution in [0.15, 0.2) is 5.10 Å². The first kappa shape index (κ1) is 26.8. The van der Waals surface area contributed by atoms with E-state index in [0.29, 0.717) is 36.6 Å². The first-order chi connectivity index (χ1) is 15.9. The van der Waals surface area contributed by atoms with E-state index in [1.807, 2.05) is 6.92 Å². The summed E-state index contributed by atoms with van der Waals surface area (Å²) in [4.78, 5) is 37.9. The summed E-state index contributed by atoms with van der Waals surface area (Å²) < 4.78 is 10.0. The zero-order valence-electron chi connectivity index (χ0n) is 19.9. The summed E-state index contributed by atoms with van der Waals surface area (Å²) in [5.74, 6) is 6.26. The molecule has 0 spiro atoms. The Labute approximate surface area is 195 Å². The van der Waals surface area contributed by atoms with Crippen molar-refractivity contribution >= 4 is 23.7 Å². The molecule has 6 N–H and O–H groups in total. The number of amides is 1. The highest BCUT2D eigenvalue weighted by Crippen LogP contribution is 2.40. The largest absolute Gasteiger partial charge is 0.468 e. The first-order valence-electron chi connectivity index (χ1n) is 11.9. The number of carbonyl (C=O) groups excluding carboxylic acids is 3. The number of rotatable bonds is 12. The molecule has 0 aromatic rings. The van der Waals surface area contributed by atoms with Crippen molar-refractivity contribution in [3.63, 3.8) is 0 Å². The van der Waals surface area contributed by atoms with Crippen molar-refractivity contribution in [2.75, 3.05) is 33.4 Å². The van der Waals surface area contributed by atoms with Crippen molar-refractivity contribution in [3.8, 4) is 0 Å². The fraction of sp³-hybridized carbons (Fsp3) is 0.818. The Morgan fingerprint density at radius 3 is 2.67 bits per heavy atom. The summed E-state index contributed by atoms with van der Waals surface area (Å²) in [6.07, 6.45) is 6.54. The summed E-state index contributed by atoms with van der Waals surface area (Å²) in [6, 6.07) is -0.352. The molecular formula is C22H40N6O5. The minimum absolute atomic E-state index is 0.00173. The maximum atomic E-state index is 12.6. The zero-order valence-corrected chi connectivity index (χ0v) is 19.9. The van der Waals surface area contributed by atoms with Crippen LogP contribution in [-0.4, -0.2) is 68.0 Å². The number of esters is 2. The van der Waals surface area contributed by atoms with Crippen LogP contribution in [0.25, 0.3) is 0 Å². The van der Waals surface area contributed by atoms with Crippen LogP contribution in [0.2, 0.25) is 0 Å². The Kier molecular flexibility index (Phi) is 11.4. The zero-order chi connectivity index (χ0) is 24.2. The van der Waals surface area contributed by atoms with E-state index in [1.165, 1.54) is 12.0 Å². The van der Waals surface area contributed by atoms with Crippen LogP contribution < -0.4 is 22.4 Å². The summed E-state index contributed by atoms with van der Waals surface area (Å²) >= 11 is 0. The highest BCUT2D eigenvalue weighted by atomic mass is 16.5. The maximum Gasteiger partial charge on any atom is 0.325 e. The molecule has 0 radical (unpaired) electrons. The topological polar surface area (TPSA) is 161 Å². The van der Waals surface area contributed by atoms with Crippen LogP contribution in [0.5, 0.6) is 0 Å². The Hall–Kier alpha value is -2.40. The smallest absolute Gasteiger partial charge is 0.325 e.